The van der Waals surface area contributed by atoms with E-state index >= 15 is 0 Å². The zero-order valence-corrected chi connectivity index (χ0v) is 10.7. The van der Waals surface area contributed by atoms with Crippen molar-refractivity contribution in [1.29, 1.82) is 0 Å². The van der Waals surface area contributed by atoms with Gasteiger partial charge in [0.1, 0.15) is 0 Å². The fourth-order valence-electron chi connectivity index (χ4n) is 1.16. The monoisotopic (exact) mass is 302 g/mol. The third kappa shape index (κ3) is 4.03. The highest BCUT2D eigenvalue weighted by Crippen LogP contribution is 2.26. The van der Waals surface area contributed by atoms with Crippen LogP contribution in [0.1, 0.15) is 6.42 Å². The molecule has 0 saturated carbocycles. The van der Waals surface area contributed by atoms with Gasteiger partial charge in [0.2, 0.25) is 0 Å². The molecule has 7 heteroatoms. The Morgan fingerprint density at radius 1 is 1.59 bits per heavy atom. The van der Waals surface area contributed by atoms with E-state index in [0.717, 1.165) is 0 Å². The average molecular weight is 303 g/mol. The number of nitrogens with zero attached hydrogens (tertiary/aromatic N) is 1. The van der Waals surface area contributed by atoms with Crippen molar-refractivity contribution >= 4 is 33.3 Å². The first kappa shape index (κ1) is 13.4. The highest BCUT2D eigenvalue weighted by atomic mass is 79.9. The first-order valence-corrected chi connectivity index (χ1v) is 5.58. The largest absolute Gasteiger partial charge is 0.469 e. The second-order valence-corrected chi connectivity index (χ2v) is 4.03. The molecule has 0 atom stereocenters. The number of carbonyl (C=O) groups is 1. The van der Waals surface area contributed by atoms with Crippen molar-refractivity contribution in [2.45, 2.75) is 6.42 Å². The number of hydrogen-bond donors (Lipinski definition) is 1. The number of methoxy groups -OCH3 is 1. The standard InChI is InChI=1S/C10H11BrN2O4/c1-17-10(14)4-5-12-9-6-7(13(15)16)2-3-8(9)11/h2-3,6,12H,4-5H2,1H3. The molecule has 0 amide bonds. The van der Waals surface area contributed by atoms with Gasteiger partial charge in [-0.25, -0.2) is 0 Å². The summed E-state index contributed by atoms with van der Waals surface area (Å²) in [6, 6.07) is 4.38. The number of nitro benzene ring substituents is 1. The summed E-state index contributed by atoms with van der Waals surface area (Å²) in [5, 5.41) is 13.5. The molecule has 0 aliphatic rings. The number of ether oxygens (including phenoxy) is 1. The van der Waals surface area contributed by atoms with Crippen molar-refractivity contribution in [3.05, 3.63) is 32.8 Å². The molecule has 92 valence electrons. The Bertz CT molecular complexity index is 436. The highest BCUT2D eigenvalue weighted by Gasteiger charge is 2.09. The molecular weight excluding hydrogens is 292 g/mol. The molecule has 0 bridgehead atoms. The summed E-state index contributed by atoms with van der Waals surface area (Å²) in [4.78, 5) is 21.0. The van der Waals surface area contributed by atoms with Crippen molar-refractivity contribution in [2.75, 3.05) is 19.0 Å². The first-order valence-electron chi connectivity index (χ1n) is 4.79. The Morgan fingerprint density at radius 2 is 2.29 bits per heavy atom. The van der Waals surface area contributed by atoms with Crippen molar-refractivity contribution in [3.8, 4) is 0 Å². The van der Waals surface area contributed by atoms with Crippen LogP contribution in [0.5, 0.6) is 0 Å². The van der Waals surface area contributed by atoms with E-state index in [2.05, 4.69) is 26.0 Å². The molecular formula is C10H11BrN2O4. The van der Waals surface area contributed by atoms with E-state index in [0.29, 0.717) is 16.7 Å². The van der Waals surface area contributed by atoms with E-state index < -0.39 is 4.92 Å². The van der Waals surface area contributed by atoms with Gasteiger partial charge in [-0.1, -0.05) is 0 Å². The van der Waals surface area contributed by atoms with Gasteiger partial charge in [0.25, 0.3) is 5.69 Å². The zero-order chi connectivity index (χ0) is 12.8. The minimum absolute atomic E-state index is 0.00577. The number of non-ortho nitro benzene ring substituents is 1. The molecule has 1 N–H and O–H groups in total. The number of nitrogens with one attached hydrogen (secondary N) is 1. The van der Waals surface area contributed by atoms with Crippen molar-refractivity contribution in [2.24, 2.45) is 0 Å². The van der Waals surface area contributed by atoms with E-state index in [4.69, 9.17) is 0 Å². The molecule has 0 saturated heterocycles. The SMILES string of the molecule is COC(=O)CCNc1cc([N+](=O)[O-])ccc1Br. The summed E-state index contributed by atoms with van der Waals surface area (Å²) in [6.07, 6.45) is 0.200. The van der Waals surface area contributed by atoms with Crippen LogP contribution in [0.3, 0.4) is 0 Å². The summed E-state index contributed by atoms with van der Waals surface area (Å²) in [5.41, 5.74) is 0.567. The quantitative estimate of drug-likeness (QED) is 0.513. The molecule has 0 aliphatic heterocycles. The highest BCUT2D eigenvalue weighted by molar-refractivity contribution is 9.10. The minimum atomic E-state index is -0.474. The van der Waals surface area contributed by atoms with Gasteiger partial charge < -0.3 is 10.1 Å². The van der Waals surface area contributed by atoms with E-state index in [1.165, 1.54) is 19.2 Å². The number of rotatable bonds is 5. The average Bonchev–Trinajstić information content (AvgIpc) is 2.30. The number of anilines is 1. The van der Waals surface area contributed by atoms with Crippen molar-refractivity contribution in [3.63, 3.8) is 0 Å². The van der Waals surface area contributed by atoms with Gasteiger partial charge in [-0.15, -0.1) is 0 Å². The lowest BCUT2D eigenvalue weighted by Gasteiger charge is -2.07. The van der Waals surface area contributed by atoms with Crippen molar-refractivity contribution in [1.82, 2.24) is 0 Å². The van der Waals surface area contributed by atoms with Gasteiger partial charge in [0.05, 0.1) is 24.1 Å². The summed E-state index contributed by atoms with van der Waals surface area (Å²) in [6.45, 7) is 0.354. The van der Waals surface area contributed by atoms with E-state index in [9.17, 15) is 14.9 Å². The topological polar surface area (TPSA) is 81.5 Å². The lowest BCUT2D eigenvalue weighted by molar-refractivity contribution is -0.384. The van der Waals surface area contributed by atoms with E-state index in [1.807, 2.05) is 0 Å². The zero-order valence-electron chi connectivity index (χ0n) is 9.10. The lowest BCUT2D eigenvalue weighted by atomic mass is 10.2. The Morgan fingerprint density at radius 3 is 2.88 bits per heavy atom. The molecule has 1 rings (SSSR count). The number of halogens is 1. The summed E-state index contributed by atoms with van der Waals surface area (Å²) >= 11 is 3.26. The van der Waals surface area contributed by atoms with Crippen LogP contribution in [0.4, 0.5) is 11.4 Å². The number of esters is 1. The summed E-state index contributed by atoms with van der Waals surface area (Å²) in [5.74, 6) is -0.334. The van der Waals surface area contributed by atoms with E-state index in [1.54, 1.807) is 6.07 Å². The molecule has 0 spiro atoms. The number of nitro groups is 1. The summed E-state index contributed by atoms with van der Waals surface area (Å²) in [7, 11) is 1.31. The first-order chi connectivity index (χ1) is 8.04. The molecule has 17 heavy (non-hydrogen) atoms. The van der Waals surface area contributed by atoms with Gasteiger partial charge in [0.15, 0.2) is 0 Å². The minimum Gasteiger partial charge on any atom is -0.469 e. The fraction of sp³-hybridized carbons (Fsp3) is 0.300. The lowest BCUT2D eigenvalue weighted by Crippen LogP contribution is -2.10. The summed E-state index contributed by atoms with van der Waals surface area (Å²) < 4.78 is 5.18. The van der Waals surface area contributed by atoms with Crippen LogP contribution in [-0.2, 0) is 9.53 Å². The smallest absolute Gasteiger partial charge is 0.307 e. The third-order valence-electron chi connectivity index (χ3n) is 2.03. The van der Waals surface area contributed by atoms with Crippen LogP contribution in [0.2, 0.25) is 0 Å². The van der Waals surface area contributed by atoms with Gasteiger partial charge >= 0.3 is 5.97 Å². The normalized spacial score (nSPS) is 9.76. The third-order valence-corrected chi connectivity index (χ3v) is 2.72. The maximum Gasteiger partial charge on any atom is 0.307 e. The van der Waals surface area contributed by atoms with Gasteiger partial charge in [-0.2, -0.15) is 0 Å². The second kappa shape index (κ2) is 6.19. The predicted octanol–water partition coefficient (Wildman–Crippen LogP) is 2.33. The van der Waals surface area contributed by atoms with Gasteiger partial charge in [0, 0.05) is 23.2 Å². The number of carbonyl (C=O) groups excluding carboxylic acids is 1. The Hall–Kier alpha value is -1.63. The van der Waals surface area contributed by atoms with Crippen molar-refractivity contribution < 1.29 is 14.5 Å². The molecule has 0 radical (unpaired) electrons. The molecule has 1 aromatic rings. The molecule has 0 aliphatic carbocycles. The molecule has 0 heterocycles. The molecule has 0 aromatic heterocycles. The maximum absolute atomic E-state index is 10.9. The molecule has 6 nitrogen and oxygen atoms in total. The van der Waals surface area contributed by atoms with Gasteiger partial charge in [-0.3, -0.25) is 14.9 Å². The molecule has 1 aromatic carbocycles. The van der Waals surface area contributed by atoms with Crippen LogP contribution < -0.4 is 5.32 Å². The fourth-order valence-corrected chi connectivity index (χ4v) is 1.55. The van der Waals surface area contributed by atoms with Crippen LogP contribution in [0.25, 0.3) is 0 Å². The van der Waals surface area contributed by atoms with Crippen LogP contribution >= 0.6 is 15.9 Å². The Balaban J connectivity index is 2.66. The Kier molecular flexibility index (Phi) is 4.89. The van der Waals surface area contributed by atoms with Gasteiger partial charge in [-0.05, 0) is 22.0 Å². The molecule has 0 fully saturated rings. The van der Waals surface area contributed by atoms with Crippen LogP contribution in [0, 0.1) is 10.1 Å². The maximum atomic E-state index is 10.9. The number of hydrogen-bond acceptors (Lipinski definition) is 5. The van der Waals surface area contributed by atoms with E-state index in [-0.39, 0.29) is 18.1 Å². The van der Waals surface area contributed by atoms with Crippen LogP contribution in [-0.4, -0.2) is 24.5 Å². The predicted molar refractivity (Wildman–Crippen MR) is 65.9 cm³/mol. The molecule has 0 unspecified atom stereocenters. The second-order valence-electron chi connectivity index (χ2n) is 3.17. The van der Waals surface area contributed by atoms with Crippen LogP contribution in [0.15, 0.2) is 22.7 Å². The Labute approximate surface area is 106 Å². The number of benzene rings is 1.